The Kier molecular flexibility index (Phi) is 6.65. The number of fused-ring (bicyclic) bond motifs is 1. The predicted octanol–water partition coefficient (Wildman–Crippen LogP) is 1.71. The van der Waals surface area contributed by atoms with Crippen LogP contribution < -0.4 is 5.32 Å². The molecule has 0 bridgehead atoms. The summed E-state index contributed by atoms with van der Waals surface area (Å²) in [7, 11) is 0. The first kappa shape index (κ1) is 21.9. The molecule has 1 saturated heterocycles. The highest BCUT2D eigenvalue weighted by Crippen LogP contribution is 2.45. The minimum atomic E-state index is -1.18. The lowest BCUT2D eigenvalue weighted by Crippen LogP contribution is -2.70. The lowest BCUT2D eigenvalue weighted by Gasteiger charge is -2.49. The number of aliphatic hydroxyl groups is 1. The SMILES string of the molecule is O=C(Cc1ccccc1)N[C@@H]1C(=O)N2C(C(=O)O)=C(Sc3nc(CCO)cs3)CS[C@H]12. The van der Waals surface area contributed by atoms with Gasteiger partial charge in [-0.2, -0.15) is 0 Å². The fourth-order valence-electron chi connectivity index (χ4n) is 3.35. The Morgan fingerprint density at radius 3 is 2.77 bits per heavy atom. The van der Waals surface area contributed by atoms with Crippen molar-refractivity contribution in [1.29, 1.82) is 0 Å². The second-order valence-corrected chi connectivity index (χ2v) is 10.2. The van der Waals surface area contributed by atoms with Crippen LogP contribution in [0, 0.1) is 0 Å². The molecule has 2 aromatic rings. The number of β-lactam (4-membered cyclic amide) rings is 1. The van der Waals surface area contributed by atoms with Gasteiger partial charge in [0.2, 0.25) is 5.91 Å². The Labute approximate surface area is 190 Å². The number of nitrogens with one attached hydrogen (secondary N) is 1. The normalized spacial score (nSPS) is 20.3. The third-order valence-corrected chi connectivity index (χ3v) is 8.30. The van der Waals surface area contributed by atoms with Crippen molar-refractivity contribution in [3.05, 3.63) is 57.6 Å². The van der Waals surface area contributed by atoms with Gasteiger partial charge in [0.05, 0.1) is 12.1 Å². The summed E-state index contributed by atoms with van der Waals surface area (Å²) < 4.78 is 0.664. The van der Waals surface area contributed by atoms with Crippen molar-refractivity contribution in [2.45, 2.75) is 28.6 Å². The van der Waals surface area contributed by atoms with Crippen LogP contribution in [0.1, 0.15) is 11.3 Å². The second-order valence-electron chi connectivity index (χ2n) is 6.87. The molecule has 2 aliphatic rings. The predicted molar refractivity (Wildman–Crippen MR) is 119 cm³/mol. The molecule has 3 heterocycles. The van der Waals surface area contributed by atoms with Gasteiger partial charge in [-0.1, -0.05) is 42.1 Å². The number of benzene rings is 1. The van der Waals surface area contributed by atoms with E-state index in [9.17, 15) is 19.5 Å². The summed E-state index contributed by atoms with van der Waals surface area (Å²) in [5.41, 5.74) is 1.54. The number of carbonyl (C=O) groups excluding carboxylic acids is 2. The van der Waals surface area contributed by atoms with Gasteiger partial charge in [0.1, 0.15) is 17.1 Å². The van der Waals surface area contributed by atoms with Gasteiger partial charge in [-0.3, -0.25) is 14.5 Å². The molecule has 2 atom stereocenters. The maximum Gasteiger partial charge on any atom is 0.353 e. The van der Waals surface area contributed by atoms with Gasteiger partial charge in [-0.05, 0) is 5.56 Å². The summed E-state index contributed by atoms with van der Waals surface area (Å²) in [6, 6.07) is 8.48. The first-order valence-electron chi connectivity index (χ1n) is 9.45. The zero-order valence-corrected chi connectivity index (χ0v) is 18.6. The van der Waals surface area contributed by atoms with E-state index in [0.717, 1.165) is 11.3 Å². The van der Waals surface area contributed by atoms with E-state index in [1.165, 1.54) is 39.8 Å². The Hall–Kier alpha value is -2.34. The number of carboxylic acids is 1. The number of thioether (sulfide) groups is 2. The maximum atomic E-state index is 12.7. The Morgan fingerprint density at radius 1 is 1.29 bits per heavy atom. The average Bonchev–Trinajstić information content (AvgIpc) is 3.19. The molecule has 0 unspecified atom stereocenters. The molecule has 1 fully saturated rings. The summed E-state index contributed by atoms with van der Waals surface area (Å²) in [5, 5.41) is 22.9. The number of nitrogens with zero attached hydrogens (tertiary/aromatic N) is 2. The van der Waals surface area contributed by atoms with Crippen LogP contribution in [0.4, 0.5) is 0 Å². The van der Waals surface area contributed by atoms with Gasteiger partial charge in [-0.15, -0.1) is 23.1 Å². The van der Waals surface area contributed by atoms with E-state index >= 15 is 0 Å². The zero-order chi connectivity index (χ0) is 22.0. The number of hydrogen-bond acceptors (Lipinski definition) is 8. The Bertz CT molecular complexity index is 1040. The van der Waals surface area contributed by atoms with Gasteiger partial charge in [0.25, 0.3) is 5.91 Å². The van der Waals surface area contributed by atoms with Gasteiger partial charge in [0, 0.05) is 29.1 Å². The molecule has 0 spiro atoms. The summed E-state index contributed by atoms with van der Waals surface area (Å²) in [6.07, 6.45) is 0.596. The highest BCUT2D eigenvalue weighted by molar-refractivity contribution is 8.07. The molecule has 3 N–H and O–H groups in total. The van der Waals surface area contributed by atoms with Gasteiger partial charge < -0.3 is 15.5 Å². The van der Waals surface area contributed by atoms with Crippen molar-refractivity contribution in [1.82, 2.24) is 15.2 Å². The molecule has 162 valence electrons. The van der Waals surface area contributed by atoms with Crippen LogP contribution in [0.5, 0.6) is 0 Å². The molecule has 11 heteroatoms. The largest absolute Gasteiger partial charge is 0.477 e. The third-order valence-electron chi connectivity index (χ3n) is 4.77. The standard InChI is InChI=1S/C20H19N3O5S3/c24-7-6-12-9-30-20(21-12)31-13-10-29-18-15(17(26)23(18)16(13)19(27)28)22-14(25)8-11-4-2-1-3-5-11/h1-5,9,15,18,24H,6-8,10H2,(H,22,25)(H,27,28)/t15-,18-/m1/s1. The number of aliphatic carboxylic acids is 1. The number of aromatic nitrogens is 1. The van der Waals surface area contributed by atoms with Crippen molar-refractivity contribution in [3.63, 3.8) is 0 Å². The van der Waals surface area contributed by atoms with Crippen LogP contribution >= 0.6 is 34.9 Å². The van der Waals surface area contributed by atoms with Crippen LogP contribution in [-0.2, 0) is 27.2 Å². The summed E-state index contributed by atoms with van der Waals surface area (Å²) >= 11 is 4.02. The number of thiazole rings is 1. The second kappa shape index (κ2) is 9.43. The van der Waals surface area contributed by atoms with E-state index in [-0.39, 0.29) is 24.6 Å². The molecule has 2 amide bonds. The molecule has 8 nitrogen and oxygen atoms in total. The lowest BCUT2D eigenvalue weighted by molar-refractivity contribution is -0.150. The van der Waals surface area contributed by atoms with Crippen molar-refractivity contribution in [2.75, 3.05) is 12.4 Å². The number of hydrogen-bond donors (Lipinski definition) is 3. The van der Waals surface area contributed by atoms with Crippen molar-refractivity contribution in [3.8, 4) is 0 Å². The van der Waals surface area contributed by atoms with Crippen LogP contribution in [-0.4, -0.2) is 61.7 Å². The molecule has 2 aliphatic heterocycles. The average molecular weight is 478 g/mol. The highest BCUT2D eigenvalue weighted by Gasteiger charge is 2.54. The first-order valence-corrected chi connectivity index (χ1v) is 12.2. The Morgan fingerprint density at radius 2 is 2.06 bits per heavy atom. The summed E-state index contributed by atoms with van der Waals surface area (Å²) in [4.78, 5) is 43.2. The number of amides is 2. The molecule has 4 rings (SSSR count). The van der Waals surface area contributed by atoms with Crippen molar-refractivity contribution >= 4 is 52.6 Å². The van der Waals surface area contributed by atoms with E-state index < -0.39 is 23.3 Å². The molecular weight excluding hydrogens is 458 g/mol. The maximum absolute atomic E-state index is 12.7. The van der Waals surface area contributed by atoms with E-state index in [1.54, 1.807) is 0 Å². The fraction of sp³-hybridized carbons (Fsp3) is 0.300. The number of carboxylic acid groups (broad SMARTS) is 1. The van der Waals surface area contributed by atoms with Crippen molar-refractivity contribution < 1.29 is 24.6 Å². The van der Waals surface area contributed by atoms with E-state index in [1.807, 2.05) is 35.7 Å². The fourth-order valence-corrected chi connectivity index (χ4v) is 6.85. The summed E-state index contributed by atoms with van der Waals surface area (Å²) in [6.45, 7) is -0.00585. The Balaban J connectivity index is 1.46. The minimum Gasteiger partial charge on any atom is -0.477 e. The van der Waals surface area contributed by atoms with Crippen LogP contribution in [0.25, 0.3) is 0 Å². The quantitative estimate of drug-likeness (QED) is 0.492. The first-order chi connectivity index (χ1) is 15.0. The smallest absolute Gasteiger partial charge is 0.353 e. The van der Waals surface area contributed by atoms with E-state index in [2.05, 4.69) is 10.3 Å². The molecule has 1 aromatic carbocycles. The van der Waals surface area contributed by atoms with E-state index in [0.29, 0.717) is 21.4 Å². The van der Waals surface area contributed by atoms with Crippen molar-refractivity contribution in [2.24, 2.45) is 0 Å². The zero-order valence-electron chi connectivity index (χ0n) is 16.2. The number of rotatable bonds is 8. The lowest BCUT2D eigenvalue weighted by atomic mass is 10.0. The van der Waals surface area contributed by atoms with Crippen LogP contribution in [0.15, 0.2) is 50.7 Å². The highest BCUT2D eigenvalue weighted by atomic mass is 32.2. The topological polar surface area (TPSA) is 120 Å². The number of carbonyl (C=O) groups is 3. The van der Waals surface area contributed by atoms with Crippen LogP contribution in [0.3, 0.4) is 0 Å². The molecule has 1 aromatic heterocycles. The molecule has 0 radical (unpaired) electrons. The molecule has 0 saturated carbocycles. The minimum absolute atomic E-state index is 0.00585. The summed E-state index contributed by atoms with van der Waals surface area (Å²) in [5.74, 6) is -1.47. The van der Waals surface area contributed by atoms with Gasteiger partial charge in [0.15, 0.2) is 4.34 Å². The van der Waals surface area contributed by atoms with Gasteiger partial charge in [-0.25, -0.2) is 9.78 Å². The third kappa shape index (κ3) is 4.64. The number of aliphatic hydroxyl groups excluding tert-OH is 1. The van der Waals surface area contributed by atoms with Gasteiger partial charge >= 0.3 is 5.97 Å². The van der Waals surface area contributed by atoms with Crippen LogP contribution in [0.2, 0.25) is 0 Å². The molecule has 0 aliphatic carbocycles. The monoisotopic (exact) mass is 477 g/mol. The molecular formula is C20H19N3O5S3. The molecule has 31 heavy (non-hydrogen) atoms. The van der Waals surface area contributed by atoms with E-state index in [4.69, 9.17) is 5.11 Å².